The molecule has 2 aromatic rings. The molecule has 152 valence electrons. The van der Waals surface area contributed by atoms with E-state index in [1.807, 2.05) is 0 Å². The third-order valence-corrected chi connectivity index (χ3v) is 4.25. The zero-order chi connectivity index (χ0) is 20.7. The predicted molar refractivity (Wildman–Crippen MR) is 112 cm³/mol. The topological polar surface area (TPSA) is 34.4 Å². The summed E-state index contributed by atoms with van der Waals surface area (Å²) in [5, 5.41) is 5.73. The Labute approximate surface area is 184 Å². The number of unbranched alkanes of at least 4 members (excludes halogenated alkanes) is 1. The predicted octanol–water partition coefficient (Wildman–Crippen LogP) is 6.19. The van der Waals surface area contributed by atoms with Gasteiger partial charge in [0.1, 0.15) is 0 Å². The maximum absolute atomic E-state index is 8.28. The van der Waals surface area contributed by atoms with Gasteiger partial charge in [0.05, 0.1) is 0 Å². The molecule has 0 aromatic heterocycles. The number of hydrogen-bond donors (Lipinski definition) is 0. The second kappa shape index (κ2) is 16.3. The molecule has 0 N–H and O–H groups in total. The molecule has 0 heterocycles. The Bertz CT molecular complexity index is 613. The number of nitrogens with zero attached hydrogens (tertiary/aromatic N) is 2. The number of halogens is 2. The van der Waals surface area contributed by atoms with Crippen LogP contribution in [0.1, 0.15) is 29.5 Å². The first-order valence-electron chi connectivity index (χ1n) is 8.69. The molecule has 0 fully saturated rings. The van der Waals surface area contributed by atoms with E-state index in [-0.39, 0.29) is 0 Å². The van der Waals surface area contributed by atoms with Crippen LogP contribution in [0.25, 0.3) is 5.32 Å². The molecule has 0 saturated carbocycles. The van der Waals surface area contributed by atoms with Crippen molar-refractivity contribution in [2.45, 2.75) is 33.2 Å². The molecular weight excluding hydrogens is 557 g/mol. The number of aryl methyl sites for hydroxylation is 2. The van der Waals surface area contributed by atoms with E-state index in [2.05, 4.69) is 62.4 Å². The molecule has 0 radical (unpaired) electrons. The monoisotopic (exact) mass is 586 g/mol. The number of benzene rings is 2. The molecule has 2 rings (SSSR count). The van der Waals surface area contributed by atoms with Crippen LogP contribution in [-0.2, 0) is 28.6 Å². The van der Waals surface area contributed by atoms with Gasteiger partial charge >= 0.3 is 22.1 Å². The molecule has 0 aliphatic heterocycles. The number of rotatable bonds is 7. The van der Waals surface area contributed by atoms with Gasteiger partial charge in [-0.3, -0.25) is 0 Å². The van der Waals surface area contributed by atoms with Crippen LogP contribution in [0.15, 0.2) is 36.4 Å². The Hall–Kier alpha value is -0.624. The first-order chi connectivity index (χ1) is 12.9. The Kier molecular flexibility index (Phi) is 16.0. The van der Waals surface area contributed by atoms with Crippen LogP contribution in [0.4, 0.5) is 0 Å². The van der Waals surface area contributed by atoms with Crippen LogP contribution >= 0.6 is 23.2 Å². The van der Waals surface area contributed by atoms with Crippen molar-refractivity contribution in [2.75, 3.05) is 27.2 Å². The summed E-state index contributed by atoms with van der Waals surface area (Å²) < 4.78 is 8.28. The van der Waals surface area contributed by atoms with Crippen molar-refractivity contribution in [3.63, 3.8) is 0 Å². The Balaban J connectivity index is 0.000000562. The van der Waals surface area contributed by atoms with Crippen molar-refractivity contribution in [3.8, 4) is 0 Å². The molecule has 0 spiro atoms. The van der Waals surface area contributed by atoms with Crippen molar-refractivity contribution >= 4 is 23.2 Å². The van der Waals surface area contributed by atoms with E-state index in [0.717, 1.165) is 13.1 Å². The van der Waals surface area contributed by atoms with Gasteiger partial charge in [-0.1, -0.05) is 51.4 Å². The summed E-state index contributed by atoms with van der Waals surface area (Å²) in [6.07, 6.45) is 2.44. The Morgan fingerprint density at radius 2 is 1.67 bits per heavy atom. The van der Waals surface area contributed by atoms with E-state index < -0.39 is 0 Å². The molecular formula is C21H28Cl2N2OOs-2. The first-order valence-corrected chi connectivity index (χ1v) is 10.5. The molecule has 27 heavy (non-hydrogen) atoms. The van der Waals surface area contributed by atoms with E-state index in [1.165, 1.54) is 36.1 Å². The van der Waals surface area contributed by atoms with E-state index in [1.54, 1.807) is 18.2 Å². The summed E-state index contributed by atoms with van der Waals surface area (Å²) >= 11 is 11.7. The zero-order valence-electron chi connectivity index (χ0n) is 16.4. The van der Waals surface area contributed by atoms with Gasteiger partial charge in [-0.25, -0.2) is 0 Å². The van der Waals surface area contributed by atoms with Crippen molar-refractivity contribution in [3.05, 3.63) is 74.5 Å². The molecule has 0 amide bonds. The van der Waals surface area contributed by atoms with Gasteiger partial charge in [-0.05, 0) is 40.9 Å². The maximum atomic E-state index is 8.28. The van der Waals surface area contributed by atoms with Crippen molar-refractivity contribution < 1.29 is 22.1 Å². The van der Waals surface area contributed by atoms with Gasteiger partial charge in [-0.15, -0.1) is 24.7 Å². The van der Waals surface area contributed by atoms with E-state index in [9.17, 15) is 0 Å². The quantitative estimate of drug-likeness (QED) is 0.287. The fraction of sp³-hybridized carbons (Fsp3) is 0.429. The van der Waals surface area contributed by atoms with Crippen LogP contribution in [0.2, 0.25) is 10.0 Å². The third kappa shape index (κ3) is 14.1. The number of hydrogen-bond acceptors (Lipinski definition) is 2. The van der Waals surface area contributed by atoms with Gasteiger partial charge in [0.25, 0.3) is 0 Å². The first kappa shape index (κ1) is 26.4. The molecule has 0 unspecified atom stereocenters. The molecule has 0 bridgehead atoms. The van der Waals surface area contributed by atoms with E-state index >= 15 is 0 Å². The standard InChI is InChI=1S/C15H25N2.C6H3Cl2.O.Os/c1-13-9-14(2)11-15(10-13)12-16-7-5-6-8-17(3)4;7-5-3-1-2-4-6(5)8;;/h9-11H,5-8,12H2,1-4H3;1,3-4H;;/q2*-1;;. The van der Waals surface area contributed by atoms with E-state index in [4.69, 9.17) is 26.7 Å². The van der Waals surface area contributed by atoms with Crippen LogP contribution in [0.3, 0.4) is 0 Å². The molecule has 0 aliphatic carbocycles. The van der Waals surface area contributed by atoms with Crippen LogP contribution in [-0.4, -0.2) is 32.1 Å². The summed E-state index contributed by atoms with van der Waals surface area (Å²) in [5.74, 6) is 0. The SMILES string of the molecule is Cc1cc(C)cc(C[N-]CCCCN(C)C)c1.Clc1c[c-]ccc1Cl.[O]=[Os]. The van der Waals surface area contributed by atoms with Crippen molar-refractivity contribution in [2.24, 2.45) is 0 Å². The minimum atomic E-state index is 0.550. The fourth-order valence-corrected chi connectivity index (χ4v) is 2.65. The molecule has 6 heteroatoms. The third-order valence-electron chi connectivity index (χ3n) is 3.51. The average Bonchev–Trinajstić information content (AvgIpc) is 2.62. The van der Waals surface area contributed by atoms with Crippen molar-refractivity contribution in [1.82, 2.24) is 4.90 Å². The van der Waals surface area contributed by atoms with Gasteiger partial charge < -0.3 is 10.2 Å². The van der Waals surface area contributed by atoms with Gasteiger partial charge in [0.15, 0.2) is 0 Å². The molecule has 3 nitrogen and oxygen atoms in total. The summed E-state index contributed by atoms with van der Waals surface area (Å²) in [7, 11) is 4.24. The van der Waals surface area contributed by atoms with Gasteiger partial charge in [-0.2, -0.15) is 35.9 Å². The molecule has 2 aromatic carbocycles. The molecule has 0 atom stereocenters. The van der Waals surface area contributed by atoms with Gasteiger partial charge in [0, 0.05) is 0 Å². The molecule has 0 aliphatic rings. The van der Waals surface area contributed by atoms with Crippen molar-refractivity contribution in [1.29, 1.82) is 0 Å². The summed E-state index contributed by atoms with van der Waals surface area (Å²) in [6, 6.07) is 14.5. The van der Waals surface area contributed by atoms with Crippen LogP contribution < -0.4 is 0 Å². The second-order valence-corrected chi connectivity index (χ2v) is 7.27. The second-order valence-electron chi connectivity index (χ2n) is 6.45. The zero-order valence-corrected chi connectivity index (χ0v) is 20.5. The molecule has 0 saturated heterocycles. The Morgan fingerprint density at radius 3 is 2.15 bits per heavy atom. The van der Waals surface area contributed by atoms with Crippen LogP contribution in [0.5, 0.6) is 0 Å². The summed E-state index contributed by atoms with van der Waals surface area (Å²) in [4.78, 5) is 2.23. The van der Waals surface area contributed by atoms with E-state index in [0.29, 0.717) is 28.6 Å². The fourth-order valence-electron chi connectivity index (χ4n) is 2.41. The normalized spacial score (nSPS) is 9.93. The van der Waals surface area contributed by atoms with Crippen LogP contribution in [0, 0.1) is 19.9 Å². The average molecular weight is 586 g/mol. The van der Waals surface area contributed by atoms with Gasteiger partial charge in [0.2, 0.25) is 0 Å². The summed E-state index contributed by atoms with van der Waals surface area (Å²) in [6.45, 7) is 7.31. The Morgan fingerprint density at radius 1 is 1.04 bits per heavy atom. The minimum absolute atomic E-state index is 0.550. The summed E-state index contributed by atoms with van der Waals surface area (Å²) in [5.41, 5.74) is 4.01.